The van der Waals surface area contributed by atoms with E-state index in [1.54, 1.807) is 18.2 Å². The van der Waals surface area contributed by atoms with Gasteiger partial charge in [0, 0.05) is 30.0 Å². The third-order valence-corrected chi connectivity index (χ3v) is 6.36. The Kier molecular flexibility index (Phi) is 3.91. The summed E-state index contributed by atoms with van der Waals surface area (Å²) in [6.45, 7) is 0. The Bertz CT molecular complexity index is 702. The van der Waals surface area contributed by atoms with E-state index in [9.17, 15) is 18.7 Å². The van der Waals surface area contributed by atoms with Gasteiger partial charge in [-0.1, -0.05) is 0 Å². The van der Waals surface area contributed by atoms with E-state index in [-0.39, 0.29) is 18.5 Å². The van der Waals surface area contributed by atoms with E-state index in [0.29, 0.717) is 29.9 Å². The lowest BCUT2D eigenvalue weighted by molar-refractivity contribution is -0.147. The molecule has 3 unspecified atom stereocenters. The zero-order valence-electron chi connectivity index (χ0n) is 14.9. The van der Waals surface area contributed by atoms with Crippen LogP contribution in [0.2, 0.25) is 0 Å². The predicted molar refractivity (Wildman–Crippen MR) is 89.8 cm³/mol. The summed E-state index contributed by atoms with van der Waals surface area (Å²) in [6, 6.07) is 3.93. The van der Waals surface area contributed by atoms with E-state index in [1.807, 2.05) is 4.90 Å². The van der Waals surface area contributed by atoms with Crippen LogP contribution in [0.25, 0.3) is 0 Å². The molecule has 1 aromatic rings. The van der Waals surface area contributed by atoms with Crippen molar-refractivity contribution in [1.82, 2.24) is 4.90 Å². The van der Waals surface area contributed by atoms with Gasteiger partial charge >= 0.3 is 5.97 Å². The molecule has 0 radical (unpaired) electrons. The molecule has 1 N–H and O–H groups in total. The molecule has 3 aliphatic rings. The molecule has 1 aliphatic carbocycles. The number of aliphatic carboxylic acids is 1. The van der Waals surface area contributed by atoms with Crippen molar-refractivity contribution in [3.8, 4) is 11.5 Å². The average Bonchev–Trinajstić information content (AvgIpc) is 3.02. The average molecular weight is 367 g/mol. The highest BCUT2D eigenvalue weighted by Crippen LogP contribution is 2.70. The number of rotatable bonds is 5. The summed E-state index contributed by atoms with van der Waals surface area (Å²) in [7, 11) is 3.02. The first-order chi connectivity index (χ1) is 12.3. The maximum atomic E-state index is 13.9. The van der Waals surface area contributed by atoms with Gasteiger partial charge in [-0.2, -0.15) is 0 Å². The number of fused-ring (bicyclic) bond motifs is 2. The first kappa shape index (κ1) is 17.5. The van der Waals surface area contributed by atoms with Gasteiger partial charge in [-0.05, 0) is 43.4 Å². The molecular formula is C19H23F2NO4. The SMILES string of the molecule is COc1cc(OC)cc(C(C(=O)O)N2C3CCC2CC2(C3)CC2(F)F)c1. The molecule has 3 atom stereocenters. The normalized spacial score (nSPS) is 33.1. The minimum atomic E-state index is -2.59. The predicted octanol–water partition coefficient (Wildman–Crippen LogP) is 3.48. The second kappa shape index (κ2) is 5.81. The van der Waals surface area contributed by atoms with E-state index in [2.05, 4.69) is 0 Å². The number of nitrogens with zero attached hydrogens (tertiary/aromatic N) is 1. The maximum absolute atomic E-state index is 13.9. The Labute approximate surface area is 150 Å². The molecule has 2 bridgehead atoms. The Balaban J connectivity index is 1.68. The standard InChI is InChI=1S/C19H23F2NO4/c1-25-14-5-11(6-15(7-14)26-2)16(17(23)24)22-12-3-4-13(22)9-18(8-12)10-19(18,20)21/h5-7,12-13,16H,3-4,8-10H2,1-2H3,(H,23,24). The molecule has 1 spiro atoms. The lowest BCUT2D eigenvalue weighted by atomic mass is 9.85. The van der Waals surface area contributed by atoms with Crippen molar-refractivity contribution in [1.29, 1.82) is 0 Å². The fourth-order valence-corrected chi connectivity index (χ4v) is 5.06. The van der Waals surface area contributed by atoms with Gasteiger partial charge in [-0.3, -0.25) is 9.69 Å². The second-order valence-electron chi connectivity index (χ2n) is 7.79. The molecule has 2 saturated heterocycles. The summed E-state index contributed by atoms with van der Waals surface area (Å²) in [5.41, 5.74) is -0.339. The third-order valence-electron chi connectivity index (χ3n) is 6.36. The number of carboxylic acids is 1. The number of ether oxygens (including phenoxy) is 2. The van der Waals surface area contributed by atoms with Gasteiger partial charge in [0.05, 0.1) is 14.2 Å². The number of carboxylic acid groups (broad SMARTS) is 1. The summed E-state index contributed by atoms with van der Waals surface area (Å²) in [5.74, 6) is -2.53. The number of piperidine rings is 1. The first-order valence-electron chi connectivity index (χ1n) is 8.91. The Morgan fingerprint density at radius 1 is 1.15 bits per heavy atom. The summed E-state index contributed by atoms with van der Waals surface area (Å²) in [4.78, 5) is 14.1. The quantitative estimate of drug-likeness (QED) is 0.863. The van der Waals surface area contributed by atoms with Crippen LogP contribution in [0, 0.1) is 5.41 Å². The van der Waals surface area contributed by atoms with Crippen LogP contribution in [0.3, 0.4) is 0 Å². The minimum Gasteiger partial charge on any atom is -0.497 e. The molecule has 26 heavy (non-hydrogen) atoms. The highest BCUT2D eigenvalue weighted by Gasteiger charge is 2.74. The number of hydrogen-bond donors (Lipinski definition) is 1. The first-order valence-corrected chi connectivity index (χ1v) is 8.91. The van der Waals surface area contributed by atoms with Crippen LogP contribution < -0.4 is 9.47 Å². The van der Waals surface area contributed by atoms with Crippen molar-refractivity contribution in [2.75, 3.05) is 14.2 Å². The van der Waals surface area contributed by atoms with Crippen molar-refractivity contribution in [3.63, 3.8) is 0 Å². The zero-order chi connectivity index (χ0) is 18.7. The summed E-state index contributed by atoms with van der Waals surface area (Å²) in [5, 5.41) is 9.95. The Morgan fingerprint density at radius 3 is 2.04 bits per heavy atom. The van der Waals surface area contributed by atoms with Crippen molar-refractivity contribution >= 4 is 5.97 Å². The largest absolute Gasteiger partial charge is 0.497 e. The van der Waals surface area contributed by atoms with E-state index >= 15 is 0 Å². The van der Waals surface area contributed by atoms with Crippen molar-refractivity contribution in [3.05, 3.63) is 23.8 Å². The van der Waals surface area contributed by atoms with Crippen LogP contribution in [0.1, 0.15) is 43.7 Å². The van der Waals surface area contributed by atoms with E-state index < -0.39 is 23.3 Å². The smallest absolute Gasteiger partial charge is 0.325 e. The van der Waals surface area contributed by atoms with Gasteiger partial charge in [0.2, 0.25) is 0 Å². The van der Waals surface area contributed by atoms with Gasteiger partial charge in [-0.25, -0.2) is 8.78 Å². The molecule has 0 amide bonds. The number of methoxy groups -OCH3 is 2. The van der Waals surface area contributed by atoms with Crippen LogP contribution in [0.4, 0.5) is 8.78 Å². The fourth-order valence-electron chi connectivity index (χ4n) is 5.06. The van der Waals surface area contributed by atoms with Crippen LogP contribution >= 0.6 is 0 Å². The highest BCUT2D eigenvalue weighted by atomic mass is 19.3. The van der Waals surface area contributed by atoms with Gasteiger partial charge < -0.3 is 14.6 Å². The number of alkyl halides is 2. The summed E-state index contributed by atoms with van der Waals surface area (Å²) in [6.07, 6.45) is 2.25. The van der Waals surface area contributed by atoms with Crippen LogP contribution in [0.5, 0.6) is 11.5 Å². The molecule has 142 valence electrons. The molecule has 1 aromatic carbocycles. The van der Waals surface area contributed by atoms with Crippen LogP contribution in [0.15, 0.2) is 18.2 Å². The third kappa shape index (κ3) is 2.55. The molecule has 2 aliphatic heterocycles. The van der Waals surface area contributed by atoms with Gasteiger partial charge in [0.1, 0.15) is 17.5 Å². The van der Waals surface area contributed by atoms with E-state index in [0.717, 1.165) is 12.8 Å². The van der Waals surface area contributed by atoms with E-state index in [4.69, 9.17) is 9.47 Å². The molecule has 2 heterocycles. The number of hydrogen-bond acceptors (Lipinski definition) is 4. The number of halogens is 2. The van der Waals surface area contributed by atoms with E-state index in [1.165, 1.54) is 14.2 Å². The molecule has 7 heteroatoms. The lowest BCUT2D eigenvalue weighted by Gasteiger charge is -2.42. The molecule has 1 saturated carbocycles. The number of benzene rings is 1. The fraction of sp³-hybridized carbons (Fsp3) is 0.632. The summed E-state index contributed by atoms with van der Waals surface area (Å²) < 4.78 is 38.3. The highest BCUT2D eigenvalue weighted by molar-refractivity contribution is 5.76. The summed E-state index contributed by atoms with van der Waals surface area (Å²) >= 11 is 0. The molecule has 3 fully saturated rings. The van der Waals surface area contributed by atoms with Gasteiger partial charge in [-0.15, -0.1) is 0 Å². The van der Waals surface area contributed by atoms with Gasteiger partial charge in [0.25, 0.3) is 5.92 Å². The Hall–Kier alpha value is -1.89. The minimum absolute atomic E-state index is 0.0500. The second-order valence-corrected chi connectivity index (χ2v) is 7.79. The van der Waals surface area contributed by atoms with Crippen molar-refractivity contribution < 1.29 is 28.2 Å². The number of carbonyl (C=O) groups is 1. The Morgan fingerprint density at radius 2 is 1.65 bits per heavy atom. The zero-order valence-corrected chi connectivity index (χ0v) is 14.9. The van der Waals surface area contributed by atoms with Gasteiger partial charge in [0.15, 0.2) is 0 Å². The maximum Gasteiger partial charge on any atom is 0.325 e. The molecule has 4 rings (SSSR count). The van der Waals surface area contributed by atoms with Crippen LogP contribution in [-0.4, -0.2) is 48.2 Å². The van der Waals surface area contributed by atoms with Crippen molar-refractivity contribution in [2.24, 2.45) is 5.41 Å². The monoisotopic (exact) mass is 367 g/mol. The molecule has 0 aromatic heterocycles. The van der Waals surface area contributed by atoms with Crippen LogP contribution in [-0.2, 0) is 4.79 Å². The topological polar surface area (TPSA) is 59.0 Å². The lowest BCUT2D eigenvalue weighted by Crippen LogP contribution is -2.49. The molecular weight excluding hydrogens is 344 g/mol. The molecule has 5 nitrogen and oxygen atoms in total. The van der Waals surface area contributed by atoms with Crippen molar-refractivity contribution in [2.45, 2.75) is 56.2 Å².